The number of rotatable bonds is 18. The van der Waals surface area contributed by atoms with Gasteiger partial charge in [0.2, 0.25) is 0 Å². The Bertz CT molecular complexity index is 350. The van der Waals surface area contributed by atoms with Gasteiger partial charge in [-0.1, -0.05) is 62.8 Å². The predicted molar refractivity (Wildman–Crippen MR) is 104 cm³/mol. The molecule has 4 heteroatoms. The summed E-state index contributed by atoms with van der Waals surface area (Å²) in [6.45, 7) is -0.122. The fourth-order valence-corrected chi connectivity index (χ4v) is 2.66. The Morgan fingerprint density at radius 2 is 1.28 bits per heavy atom. The van der Waals surface area contributed by atoms with Gasteiger partial charge in [-0.05, 0) is 44.9 Å². The van der Waals surface area contributed by atoms with Crippen molar-refractivity contribution in [1.29, 1.82) is 0 Å². The maximum Gasteiger partial charge on any atom is 0.303 e. The lowest BCUT2D eigenvalue weighted by Crippen LogP contribution is -2.10. The first-order valence-corrected chi connectivity index (χ1v) is 9.97. The fourth-order valence-electron chi connectivity index (χ4n) is 2.66. The third-order valence-electron chi connectivity index (χ3n) is 4.24. The van der Waals surface area contributed by atoms with E-state index in [9.17, 15) is 9.90 Å². The van der Waals surface area contributed by atoms with Crippen LogP contribution in [0.2, 0.25) is 0 Å². The third-order valence-corrected chi connectivity index (χ3v) is 4.24. The van der Waals surface area contributed by atoms with Crippen LogP contribution in [0.4, 0.5) is 0 Å². The molecule has 1 unspecified atom stereocenters. The van der Waals surface area contributed by atoms with E-state index in [1.54, 1.807) is 0 Å². The van der Waals surface area contributed by atoms with Crippen LogP contribution in [0.1, 0.15) is 89.9 Å². The highest BCUT2D eigenvalue weighted by atomic mass is 16.4. The molecular formula is C21H38O4. The maximum atomic E-state index is 10.4. The molecule has 1 atom stereocenters. The number of aliphatic hydroxyl groups is 2. The number of hydrogen-bond donors (Lipinski definition) is 3. The summed E-state index contributed by atoms with van der Waals surface area (Å²) in [6, 6.07) is 0. The highest BCUT2D eigenvalue weighted by molar-refractivity contribution is 5.66. The Balaban J connectivity index is 3.23. The van der Waals surface area contributed by atoms with Crippen LogP contribution in [0.3, 0.4) is 0 Å². The zero-order valence-corrected chi connectivity index (χ0v) is 15.7. The first-order chi connectivity index (χ1) is 12.2. The molecule has 0 aromatic rings. The van der Waals surface area contributed by atoms with Crippen LogP contribution in [-0.2, 0) is 4.79 Å². The van der Waals surface area contributed by atoms with Crippen molar-refractivity contribution in [2.45, 2.75) is 96.0 Å². The van der Waals surface area contributed by atoms with Crippen molar-refractivity contribution in [2.75, 3.05) is 6.61 Å². The van der Waals surface area contributed by atoms with Gasteiger partial charge in [0.1, 0.15) is 0 Å². The number of carboxylic acid groups (broad SMARTS) is 1. The van der Waals surface area contributed by atoms with Gasteiger partial charge in [0.15, 0.2) is 0 Å². The maximum absolute atomic E-state index is 10.4. The van der Waals surface area contributed by atoms with Gasteiger partial charge in [0, 0.05) is 6.42 Å². The molecule has 0 heterocycles. The molecule has 0 radical (unpaired) electrons. The number of aliphatic carboxylic acids is 1. The van der Waals surface area contributed by atoms with Crippen LogP contribution < -0.4 is 0 Å². The molecule has 0 aliphatic rings. The standard InChI is InChI=1S/C21H38O4/c22-19-20(23)17-15-13-11-9-7-5-3-1-2-4-6-8-10-12-14-16-18-21(24)25/h2-5,20,22-23H,1,6-19H2,(H,24,25)/b4-2-,5-3-. The average molecular weight is 355 g/mol. The summed E-state index contributed by atoms with van der Waals surface area (Å²) in [7, 11) is 0. The molecule has 0 aliphatic heterocycles. The van der Waals surface area contributed by atoms with Crippen LogP contribution in [0.25, 0.3) is 0 Å². The van der Waals surface area contributed by atoms with Gasteiger partial charge in [-0.25, -0.2) is 0 Å². The lowest BCUT2D eigenvalue weighted by atomic mass is 10.1. The quantitative estimate of drug-likeness (QED) is 0.239. The summed E-state index contributed by atoms with van der Waals surface area (Å²) >= 11 is 0. The van der Waals surface area contributed by atoms with E-state index in [4.69, 9.17) is 10.2 Å². The molecule has 0 aromatic heterocycles. The van der Waals surface area contributed by atoms with E-state index in [0.29, 0.717) is 12.8 Å². The smallest absolute Gasteiger partial charge is 0.303 e. The van der Waals surface area contributed by atoms with Gasteiger partial charge < -0.3 is 15.3 Å². The van der Waals surface area contributed by atoms with Gasteiger partial charge in [-0.3, -0.25) is 4.79 Å². The Labute approximate surface area is 153 Å². The number of carboxylic acids is 1. The van der Waals surface area contributed by atoms with Crippen LogP contribution in [0.15, 0.2) is 24.3 Å². The first kappa shape index (κ1) is 23.9. The minimum Gasteiger partial charge on any atom is -0.481 e. The molecule has 0 aromatic carbocycles. The van der Waals surface area contributed by atoms with E-state index in [1.807, 2.05) is 0 Å². The van der Waals surface area contributed by atoms with Crippen LogP contribution in [0.5, 0.6) is 0 Å². The molecule has 3 N–H and O–H groups in total. The highest BCUT2D eigenvalue weighted by Crippen LogP contribution is 2.09. The molecule has 0 amide bonds. The number of aliphatic hydroxyl groups excluding tert-OH is 2. The normalized spacial score (nSPS) is 13.0. The van der Waals surface area contributed by atoms with Crippen molar-refractivity contribution >= 4 is 5.97 Å². The van der Waals surface area contributed by atoms with Crippen LogP contribution in [-0.4, -0.2) is 34.0 Å². The second-order valence-electron chi connectivity index (χ2n) is 6.71. The van der Waals surface area contributed by atoms with E-state index in [0.717, 1.165) is 51.4 Å². The summed E-state index contributed by atoms with van der Waals surface area (Å²) < 4.78 is 0. The van der Waals surface area contributed by atoms with E-state index in [-0.39, 0.29) is 6.61 Å². The summed E-state index contributed by atoms with van der Waals surface area (Å²) in [5.74, 6) is -0.686. The Morgan fingerprint density at radius 1 is 0.760 bits per heavy atom. The molecule has 0 aliphatic carbocycles. The molecule has 25 heavy (non-hydrogen) atoms. The van der Waals surface area contributed by atoms with Crippen molar-refractivity contribution < 1.29 is 20.1 Å². The van der Waals surface area contributed by atoms with Crippen molar-refractivity contribution in [3.63, 3.8) is 0 Å². The van der Waals surface area contributed by atoms with Crippen molar-refractivity contribution in [3.05, 3.63) is 24.3 Å². The number of carbonyl (C=O) groups is 1. The number of allylic oxidation sites excluding steroid dienone is 4. The molecule has 0 spiro atoms. The Hall–Kier alpha value is -1.13. The largest absolute Gasteiger partial charge is 0.481 e. The summed E-state index contributed by atoms with van der Waals surface area (Å²) in [4.78, 5) is 10.4. The summed E-state index contributed by atoms with van der Waals surface area (Å²) in [5, 5.41) is 26.5. The minimum atomic E-state index is -0.686. The van der Waals surface area contributed by atoms with E-state index < -0.39 is 12.1 Å². The van der Waals surface area contributed by atoms with Gasteiger partial charge in [-0.2, -0.15) is 0 Å². The summed E-state index contributed by atoms with van der Waals surface area (Å²) in [6.07, 6.45) is 22.5. The lowest BCUT2D eigenvalue weighted by Gasteiger charge is -2.05. The van der Waals surface area contributed by atoms with Crippen molar-refractivity contribution in [1.82, 2.24) is 0 Å². The molecule has 0 bridgehead atoms. The topological polar surface area (TPSA) is 77.8 Å². The minimum absolute atomic E-state index is 0.122. The Kier molecular flexibility index (Phi) is 18.3. The highest BCUT2D eigenvalue weighted by Gasteiger charge is 2.00. The monoisotopic (exact) mass is 354 g/mol. The summed E-state index contributed by atoms with van der Waals surface area (Å²) in [5.41, 5.74) is 0. The van der Waals surface area contributed by atoms with E-state index in [1.165, 1.54) is 25.7 Å². The molecule has 4 nitrogen and oxygen atoms in total. The number of hydrogen-bond acceptors (Lipinski definition) is 3. The molecule has 0 fully saturated rings. The van der Waals surface area contributed by atoms with Gasteiger partial charge in [0.25, 0.3) is 0 Å². The lowest BCUT2D eigenvalue weighted by molar-refractivity contribution is -0.137. The molecule has 0 saturated carbocycles. The fraction of sp³-hybridized carbons (Fsp3) is 0.762. The van der Waals surface area contributed by atoms with Crippen molar-refractivity contribution in [3.8, 4) is 0 Å². The predicted octanol–water partition coefficient (Wildman–Crippen LogP) is 5.00. The average Bonchev–Trinajstić information content (AvgIpc) is 2.60. The van der Waals surface area contributed by atoms with Crippen LogP contribution >= 0.6 is 0 Å². The van der Waals surface area contributed by atoms with Gasteiger partial charge in [0.05, 0.1) is 12.7 Å². The van der Waals surface area contributed by atoms with Crippen molar-refractivity contribution in [2.24, 2.45) is 0 Å². The second-order valence-corrected chi connectivity index (χ2v) is 6.71. The molecular weight excluding hydrogens is 316 g/mol. The Morgan fingerprint density at radius 3 is 1.84 bits per heavy atom. The zero-order valence-electron chi connectivity index (χ0n) is 15.7. The zero-order chi connectivity index (χ0) is 18.6. The molecule has 0 rings (SSSR count). The number of unbranched alkanes of at least 4 members (excludes halogenated alkanes) is 9. The van der Waals surface area contributed by atoms with E-state index in [2.05, 4.69) is 24.3 Å². The van der Waals surface area contributed by atoms with Gasteiger partial charge in [-0.15, -0.1) is 0 Å². The third kappa shape index (κ3) is 20.8. The van der Waals surface area contributed by atoms with E-state index >= 15 is 0 Å². The first-order valence-electron chi connectivity index (χ1n) is 9.97. The second kappa shape index (κ2) is 19.2. The molecule has 146 valence electrons. The SMILES string of the molecule is O=C(O)CCCCCCC/C=C\C/C=C\CCCCCCC(O)CO. The van der Waals surface area contributed by atoms with Crippen LogP contribution in [0, 0.1) is 0 Å². The van der Waals surface area contributed by atoms with Gasteiger partial charge >= 0.3 is 5.97 Å². The molecule has 0 saturated heterocycles.